The maximum Gasteiger partial charge on any atom is 0.0441 e. The first kappa shape index (κ1) is 22.0. The highest BCUT2D eigenvalue weighted by Crippen LogP contribution is 2.42. The predicted octanol–water partition coefficient (Wildman–Crippen LogP) is 6.13. The second-order valence-electron chi connectivity index (χ2n) is 9.52. The number of fused-ring (bicyclic) bond motifs is 3. The molecule has 1 aromatic carbocycles. The molecule has 0 spiro atoms. The van der Waals surface area contributed by atoms with Crippen molar-refractivity contribution in [2.45, 2.75) is 71.3 Å². The van der Waals surface area contributed by atoms with E-state index in [4.69, 9.17) is 0 Å². The molecule has 2 nitrogen and oxygen atoms in total. The zero-order valence-electron chi connectivity index (χ0n) is 19.6. The Hall–Kier alpha value is -2.24. The van der Waals surface area contributed by atoms with Crippen LogP contribution in [0.3, 0.4) is 0 Å². The van der Waals surface area contributed by atoms with Gasteiger partial charge in [-0.05, 0) is 76.7 Å². The van der Waals surface area contributed by atoms with E-state index in [0.29, 0.717) is 6.04 Å². The molecule has 3 aliphatic heterocycles. The number of rotatable bonds is 6. The van der Waals surface area contributed by atoms with Gasteiger partial charge in [-0.2, -0.15) is 0 Å². The normalized spacial score (nSPS) is 21.4. The van der Waals surface area contributed by atoms with Gasteiger partial charge in [0.25, 0.3) is 0 Å². The van der Waals surface area contributed by atoms with Crippen molar-refractivity contribution in [3.63, 3.8) is 0 Å². The number of likely N-dealkylation sites (tertiary alicyclic amines) is 1. The van der Waals surface area contributed by atoms with E-state index in [2.05, 4.69) is 66.3 Å². The average molecular weight is 415 g/mol. The fourth-order valence-electron chi connectivity index (χ4n) is 5.49. The first-order valence-electron chi connectivity index (χ1n) is 12.3. The molecule has 0 aliphatic carbocycles. The van der Waals surface area contributed by atoms with Crippen molar-refractivity contribution in [2.24, 2.45) is 0 Å². The molecular formula is C29H38N2. The summed E-state index contributed by atoms with van der Waals surface area (Å²) in [6.45, 7) is 13.4. The van der Waals surface area contributed by atoms with Gasteiger partial charge >= 0.3 is 0 Å². The van der Waals surface area contributed by atoms with Crippen LogP contribution in [0.15, 0.2) is 48.1 Å². The fraction of sp³-hybridized carbons (Fsp3) is 0.517. The Labute approximate surface area is 189 Å². The molecule has 31 heavy (non-hydrogen) atoms. The van der Waals surface area contributed by atoms with E-state index >= 15 is 0 Å². The van der Waals surface area contributed by atoms with Crippen LogP contribution < -0.4 is 0 Å². The molecule has 1 aromatic rings. The van der Waals surface area contributed by atoms with Gasteiger partial charge in [0.05, 0.1) is 0 Å². The summed E-state index contributed by atoms with van der Waals surface area (Å²) in [7, 11) is 0. The Morgan fingerprint density at radius 2 is 2.03 bits per heavy atom. The highest BCUT2D eigenvalue weighted by molar-refractivity contribution is 5.74. The van der Waals surface area contributed by atoms with Gasteiger partial charge in [0, 0.05) is 42.3 Å². The number of nitrogens with zero attached hydrogens (tertiary/aromatic N) is 2. The lowest BCUT2D eigenvalue weighted by atomic mass is 9.92. The topological polar surface area (TPSA) is 6.48 Å². The molecule has 2 heteroatoms. The van der Waals surface area contributed by atoms with E-state index in [9.17, 15) is 0 Å². The van der Waals surface area contributed by atoms with Gasteiger partial charge in [-0.15, -0.1) is 0 Å². The summed E-state index contributed by atoms with van der Waals surface area (Å²) >= 11 is 0. The van der Waals surface area contributed by atoms with Gasteiger partial charge in [-0.3, -0.25) is 0 Å². The Bertz CT molecular complexity index is 918. The lowest BCUT2D eigenvalue weighted by molar-refractivity contribution is 0.227. The van der Waals surface area contributed by atoms with Crippen LogP contribution in [0.25, 0.3) is 5.70 Å². The van der Waals surface area contributed by atoms with Crippen molar-refractivity contribution >= 4 is 5.70 Å². The summed E-state index contributed by atoms with van der Waals surface area (Å²) in [5.74, 6) is 6.96. The highest BCUT2D eigenvalue weighted by atomic mass is 15.2. The Balaban J connectivity index is 1.45. The van der Waals surface area contributed by atoms with E-state index in [1.165, 1.54) is 73.3 Å². The number of unbranched alkanes of at least 4 members (excludes halogenated alkanes) is 1. The van der Waals surface area contributed by atoms with Gasteiger partial charge in [-0.25, -0.2) is 0 Å². The third-order valence-corrected chi connectivity index (χ3v) is 7.03. The summed E-state index contributed by atoms with van der Waals surface area (Å²) in [6.07, 6.45) is 13.6. The van der Waals surface area contributed by atoms with E-state index in [1.54, 1.807) is 5.57 Å². The standard InChI is InChI=1S/C29H38N2/c1-4-11-25(12-7-5-8-16-30-17-9-6-10-18-30)22-27-21-24(3)31-19-15-26-20-23(2)13-14-28(26)29(27)31/h4,11,13-14,20,24H,1,5-6,8-10,15-19,21-22H2,2-3H3/b25-11+. The molecule has 3 heterocycles. The number of benzene rings is 1. The van der Waals surface area contributed by atoms with E-state index in [0.717, 1.165) is 32.2 Å². The summed E-state index contributed by atoms with van der Waals surface area (Å²) in [6, 6.07) is 7.57. The molecule has 0 radical (unpaired) electrons. The van der Waals surface area contributed by atoms with Crippen LogP contribution in [0.1, 0.15) is 68.6 Å². The maximum atomic E-state index is 3.95. The molecule has 0 amide bonds. The molecule has 164 valence electrons. The molecule has 0 saturated carbocycles. The van der Waals surface area contributed by atoms with Crippen LogP contribution >= 0.6 is 0 Å². The zero-order valence-corrected chi connectivity index (χ0v) is 19.6. The minimum absolute atomic E-state index is 0.585. The van der Waals surface area contributed by atoms with Crippen LogP contribution in [0.5, 0.6) is 0 Å². The molecule has 4 rings (SSSR count). The second-order valence-corrected chi connectivity index (χ2v) is 9.52. The van der Waals surface area contributed by atoms with Gasteiger partial charge in [0.1, 0.15) is 0 Å². The fourth-order valence-corrected chi connectivity index (χ4v) is 5.49. The summed E-state index contributed by atoms with van der Waals surface area (Å²) in [4.78, 5) is 5.24. The molecule has 1 unspecified atom stereocenters. The predicted molar refractivity (Wildman–Crippen MR) is 133 cm³/mol. The monoisotopic (exact) mass is 414 g/mol. The smallest absolute Gasteiger partial charge is 0.0441 e. The lowest BCUT2D eigenvalue weighted by Crippen LogP contribution is -2.32. The lowest BCUT2D eigenvalue weighted by Gasteiger charge is -2.33. The van der Waals surface area contributed by atoms with E-state index in [-0.39, 0.29) is 0 Å². The molecule has 1 fully saturated rings. The first-order valence-corrected chi connectivity index (χ1v) is 12.3. The number of piperidine rings is 1. The minimum atomic E-state index is 0.585. The van der Waals surface area contributed by atoms with Crippen LogP contribution in [-0.4, -0.2) is 42.0 Å². The third kappa shape index (κ3) is 5.34. The van der Waals surface area contributed by atoms with Crippen molar-refractivity contribution in [3.05, 3.63) is 64.8 Å². The summed E-state index contributed by atoms with van der Waals surface area (Å²) in [5.41, 5.74) is 8.56. The van der Waals surface area contributed by atoms with Crippen LogP contribution in [0, 0.1) is 18.8 Å². The quantitative estimate of drug-likeness (QED) is 0.314. The maximum absolute atomic E-state index is 3.95. The Kier molecular flexibility index (Phi) is 7.36. The highest BCUT2D eigenvalue weighted by Gasteiger charge is 2.33. The van der Waals surface area contributed by atoms with Crippen LogP contribution in [0.2, 0.25) is 0 Å². The SMILES string of the molecule is C=C/C=C(\C#CCCCN1CCCCC1)CC1=C2c3ccc(C)cc3CCN2C(C)C1. The number of hydrogen-bond acceptors (Lipinski definition) is 2. The molecule has 0 aromatic heterocycles. The van der Waals surface area contributed by atoms with E-state index in [1.807, 2.05) is 6.08 Å². The van der Waals surface area contributed by atoms with Crippen molar-refractivity contribution in [1.29, 1.82) is 0 Å². The molecule has 1 saturated heterocycles. The van der Waals surface area contributed by atoms with Crippen molar-refractivity contribution in [2.75, 3.05) is 26.2 Å². The Morgan fingerprint density at radius 1 is 1.19 bits per heavy atom. The second kappa shape index (κ2) is 10.4. The average Bonchev–Trinajstić information content (AvgIpc) is 3.09. The largest absolute Gasteiger partial charge is 0.368 e. The van der Waals surface area contributed by atoms with Crippen LogP contribution in [0.4, 0.5) is 0 Å². The van der Waals surface area contributed by atoms with Crippen molar-refractivity contribution < 1.29 is 0 Å². The number of aryl methyl sites for hydroxylation is 1. The molecule has 1 atom stereocenters. The van der Waals surface area contributed by atoms with Gasteiger partial charge in [-0.1, -0.05) is 60.8 Å². The van der Waals surface area contributed by atoms with Crippen molar-refractivity contribution in [1.82, 2.24) is 9.80 Å². The summed E-state index contributed by atoms with van der Waals surface area (Å²) in [5, 5.41) is 0. The van der Waals surface area contributed by atoms with Crippen molar-refractivity contribution in [3.8, 4) is 11.8 Å². The Morgan fingerprint density at radius 3 is 2.84 bits per heavy atom. The third-order valence-electron chi connectivity index (χ3n) is 7.03. The van der Waals surface area contributed by atoms with Gasteiger partial charge in [0.2, 0.25) is 0 Å². The molecule has 3 aliphatic rings. The summed E-state index contributed by atoms with van der Waals surface area (Å²) < 4.78 is 0. The van der Waals surface area contributed by atoms with Gasteiger partial charge < -0.3 is 9.80 Å². The molecular weight excluding hydrogens is 376 g/mol. The molecule has 0 N–H and O–H groups in total. The minimum Gasteiger partial charge on any atom is -0.368 e. The first-order chi connectivity index (χ1) is 15.2. The van der Waals surface area contributed by atoms with Gasteiger partial charge in [0.15, 0.2) is 0 Å². The van der Waals surface area contributed by atoms with Crippen LogP contribution in [-0.2, 0) is 6.42 Å². The number of hydrogen-bond donors (Lipinski definition) is 0. The zero-order chi connectivity index (χ0) is 21.6. The molecule has 0 bridgehead atoms. The number of allylic oxidation sites excluding steroid dienone is 3. The van der Waals surface area contributed by atoms with E-state index < -0.39 is 0 Å².